The minimum absolute atomic E-state index is 0.0451. The lowest BCUT2D eigenvalue weighted by molar-refractivity contribution is -0.141. The zero-order valence-electron chi connectivity index (χ0n) is 11.0. The molecule has 0 aromatic carbocycles. The van der Waals surface area contributed by atoms with Crippen molar-refractivity contribution in [1.82, 2.24) is 9.88 Å². The van der Waals surface area contributed by atoms with E-state index in [1.165, 1.54) is 6.20 Å². The van der Waals surface area contributed by atoms with Gasteiger partial charge in [0.2, 0.25) is 0 Å². The van der Waals surface area contributed by atoms with Crippen LogP contribution < -0.4 is 0 Å². The maximum Gasteiger partial charge on any atom is 0.433 e. The van der Waals surface area contributed by atoms with Crippen LogP contribution in [0, 0.1) is 5.92 Å². The highest BCUT2D eigenvalue weighted by molar-refractivity contribution is 6.17. The average Bonchev–Trinajstić information content (AvgIpc) is 2.99. The zero-order valence-corrected chi connectivity index (χ0v) is 11.7. The van der Waals surface area contributed by atoms with Crippen molar-refractivity contribution in [1.29, 1.82) is 0 Å². The van der Waals surface area contributed by atoms with E-state index in [4.69, 9.17) is 11.6 Å². The molecule has 0 bridgehead atoms. The SMILES string of the molecule is FC(F)(F)c1ccc(C23C[C@@H]2CN(CCCCl)C3)cn1. The number of halogens is 4. The lowest BCUT2D eigenvalue weighted by Gasteiger charge is -2.20. The van der Waals surface area contributed by atoms with Gasteiger partial charge >= 0.3 is 6.18 Å². The summed E-state index contributed by atoms with van der Waals surface area (Å²) in [6.45, 7) is 2.91. The number of fused-ring (bicyclic) bond motifs is 1. The van der Waals surface area contributed by atoms with Crippen molar-refractivity contribution in [2.75, 3.05) is 25.5 Å². The Morgan fingerprint density at radius 3 is 2.80 bits per heavy atom. The summed E-state index contributed by atoms with van der Waals surface area (Å²) in [6.07, 6.45) is -0.928. The van der Waals surface area contributed by atoms with E-state index in [1.54, 1.807) is 6.07 Å². The standard InChI is InChI=1S/C14H16ClF3N2/c15-4-1-5-20-8-11-6-13(11,9-20)10-2-3-12(19-7-10)14(16,17)18/h2-3,7,11H,1,4-6,8-9H2/t11-,13?/m1/s1. The lowest BCUT2D eigenvalue weighted by atomic mass is 9.96. The maximum absolute atomic E-state index is 12.5. The van der Waals surface area contributed by atoms with E-state index in [0.29, 0.717) is 11.8 Å². The first-order chi connectivity index (χ1) is 9.45. The summed E-state index contributed by atoms with van der Waals surface area (Å²) in [6, 6.07) is 2.70. The van der Waals surface area contributed by atoms with Gasteiger partial charge in [-0.25, -0.2) is 0 Å². The molecule has 1 saturated carbocycles. The molecule has 2 aliphatic rings. The van der Waals surface area contributed by atoms with Crippen LogP contribution in [0.4, 0.5) is 13.2 Å². The number of rotatable bonds is 4. The zero-order chi connectivity index (χ0) is 14.4. The molecule has 6 heteroatoms. The third-order valence-corrected chi connectivity index (χ3v) is 4.72. The minimum Gasteiger partial charge on any atom is -0.302 e. The van der Waals surface area contributed by atoms with Crippen LogP contribution >= 0.6 is 11.6 Å². The number of pyridine rings is 1. The molecule has 20 heavy (non-hydrogen) atoms. The van der Waals surface area contributed by atoms with Crippen LogP contribution in [-0.4, -0.2) is 35.4 Å². The van der Waals surface area contributed by atoms with E-state index in [9.17, 15) is 13.2 Å². The second-order valence-electron chi connectivity index (χ2n) is 5.76. The van der Waals surface area contributed by atoms with Gasteiger partial charge in [-0.1, -0.05) is 6.07 Å². The van der Waals surface area contributed by atoms with Crippen molar-refractivity contribution in [2.24, 2.45) is 5.92 Å². The summed E-state index contributed by atoms with van der Waals surface area (Å²) in [5, 5.41) is 0. The number of piperidine rings is 1. The molecule has 1 aromatic heterocycles. The highest BCUT2D eigenvalue weighted by atomic mass is 35.5. The van der Waals surface area contributed by atoms with Crippen LogP contribution in [0.5, 0.6) is 0 Å². The Morgan fingerprint density at radius 2 is 2.20 bits per heavy atom. The van der Waals surface area contributed by atoms with Crippen molar-refractivity contribution in [3.05, 3.63) is 29.6 Å². The summed E-state index contributed by atoms with van der Waals surface area (Å²) >= 11 is 5.70. The predicted octanol–water partition coefficient (Wildman–Crippen LogP) is 3.30. The molecule has 1 aliphatic heterocycles. The molecule has 1 unspecified atom stereocenters. The molecule has 0 radical (unpaired) electrons. The van der Waals surface area contributed by atoms with Gasteiger partial charge in [-0.3, -0.25) is 4.98 Å². The maximum atomic E-state index is 12.5. The molecular formula is C14H16ClF3N2. The molecule has 1 saturated heterocycles. The van der Waals surface area contributed by atoms with E-state index in [-0.39, 0.29) is 5.41 Å². The third-order valence-electron chi connectivity index (χ3n) is 4.45. The van der Waals surface area contributed by atoms with Crippen molar-refractivity contribution < 1.29 is 13.2 Å². The molecule has 0 N–H and O–H groups in total. The van der Waals surface area contributed by atoms with Crippen LogP contribution in [0.2, 0.25) is 0 Å². The third kappa shape index (κ3) is 2.42. The van der Waals surface area contributed by atoms with Gasteiger partial charge < -0.3 is 4.90 Å². The fourth-order valence-corrected chi connectivity index (χ4v) is 3.46. The molecule has 2 nitrogen and oxygen atoms in total. The summed E-state index contributed by atoms with van der Waals surface area (Å²) in [5.74, 6) is 1.21. The molecule has 2 atom stereocenters. The highest BCUT2D eigenvalue weighted by Gasteiger charge is 2.60. The number of hydrogen-bond acceptors (Lipinski definition) is 2. The van der Waals surface area contributed by atoms with E-state index in [1.807, 2.05) is 0 Å². The number of aromatic nitrogens is 1. The molecule has 1 aromatic rings. The number of likely N-dealkylation sites (tertiary alicyclic amines) is 1. The van der Waals surface area contributed by atoms with E-state index >= 15 is 0 Å². The highest BCUT2D eigenvalue weighted by Crippen LogP contribution is 2.58. The Labute approximate surface area is 120 Å². The van der Waals surface area contributed by atoms with Crippen LogP contribution in [0.25, 0.3) is 0 Å². The molecule has 2 heterocycles. The van der Waals surface area contributed by atoms with Gasteiger partial charge in [-0.05, 0) is 36.9 Å². The van der Waals surface area contributed by atoms with Gasteiger partial charge in [0.1, 0.15) is 5.69 Å². The Kier molecular flexibility index (Phi) is 3.45. The molecule has 0 spiro atoms. The van der Waals surface area contributed by atoms with Crippen LogP contribution in [0.1, 0.15) is 24.1 Å². The van der Waals surface area contributed by atoms with E-state index in [2.05, 4.69) is 9.88 Å². The van der Waals surface area contributed by atoms with Crippen molar-refractivity contribution in [2.45, 2.75) is 24.4 Å². The van der Waals surface area contributed by atoms with Crippen LogP contribution in [-0.2, 0) is 11.6 Å². The van der Waals surface area contributed by atoms with Gasteiger partial charge in [0.05, 0.1) is 0 Å². The van der Waals surface area contributed by atoms with Gasteiger partial charge in [0.25, 0.3) is 0 Å². The summed E-state index contributed by atoms with van der Waals surface area (Å²) in [5.41, 5.74) is 0.180. The van der Waals surface area contributed by atoms with Crippen molar-refractivity contribution in [3.63, 3.8) is 0 Å². The predicted molar refractivity (Wildman–Crippen MR) is 70.8 cm³/mol. The first-order valence-corrected chi connectivity index (χ1v) is 7.31. The van der Waals surface area contributed by atoms with E-state index in [0.717, 1.165) is 44.1 Å². The lowest BCUT2D eigenvalue weighted by Crippen LogP contribution is -2.28. The normalized spacial score (nSPS) is 29.5. The molecular weight excluding hydrogens is 289 g/mol. The second kappa shape index (κ2) is 4.88. The monoisotopic (exact) mass is 304 g/mol. The van der Waals surface area contributed by atoms with Crippen molar-refractivity contribution in [3.8, 4) is 0 Å². The smallest absolute Gasteiger partial charge is 0.302 e. The van der Waals surface area contributed by atoms with Gasteiger partial charge in [-0.2, -0.15) is 13.2 Å². The van der Waals surface area contributed by atoms with Gasteiger partial charge in [0, 0.05) is 30.6 Å². The topological polar surface area (TPSA) is 16.1 Å². The number of hydrogen-bond donors (Lipinski definition) is 0. The van der Waals surface area contributed by atoms with E-state index < -0.39 is 11.9 Å². The summed E-state index contributed by atoms with van der Waals surface area (Å²) in [7, 11) is 0. The average molecular weight is 305 g/mol. The van der Waals surface area contributed by atoms with Gasteiger partial charge in [-0.15, -0.1) is 11.6 Å². The van der Waals surface area contributed by atoms with Crippen LogP contribution in [0.15, 0.2) is 18.3 Å². The Hall–Kier alpha value is -0.810. The molecule has 3 rings (SSSR count). The number of nitrogens with zero attached hydrogens (tertiary/aromatic N) is 2. The quantitative estimate of drug-likeness (QED) is 0.794. The fourth-order valence-electron chi connectivity index (χ4n) is 3.34. The second-order valence-corrected chi connectivity index (χ2v) is 6.14. The Bertz CT molecular complexity index is 488. The first-order valence-electron chi connectivity index (χ1n) is 6.78. The summed E-state index contributed by atoms with van der Waals surface area (Å²) in [4.78, 5) is 5.94. The largest absolute Gasteiger partial charge is 0.433 e. The molecule has 2 fully saturated rings. The van der Waals surface area contributed by atoms with Crippen molar-refractivity contribution >= 4 is 11.6 Å². The minimum atomic E-state index is -4.36. The molecule has 0 amide bonds. The summed E-state index contributed by atoms with van der Waals surface area (Å²) < 4.78 is 37.6. The Balaban J connectivity index is 1.71. The molecule has 1 aliphatic carbocycles. The first kappa shape index (κ1) is 14.1. The fraction of sp³-hybridized carbons (Fsp3) is 0.643. The Morgan fingerprint density at radius 1 is 1.40 bits per heavy atom. The van der Waals surface area contributed by atoms with Crippen LogP contribution in [0.3, 0.4) is 0 Å². The molecule has 110 valence electrons. The van der Waals surface area contributed by atoms with Gasteiger partial charge in [0.15, 0.2) is 0 Å². The number of alkyl halides is 4.